The summed E-state index contributed by atoms with van der Waals surface area (Å²) >= 11 is 0. The van der Waals surface area contributed by atoms with Gasteiger partial charge in [0.1, 0.15) is 5.82 Å². The van der Waals surface area contributed by atoms with Crippen LogP contribution in [0.3, 0.4) is 0 Å². The first-order valence-corrected chi connectivity index (χ1v) is 5.53. The lowest BCUT2D eigenvalue weighted by molar-refractivity contribution is -0.120. The van der Waals surface area contributed by atoms with Crippen LogP contribution < -0.4 is 5.32 Å². The van der Waals surface area contributed by atoms with E-state index < -0.39 is 5.54 Å². The van der Waals surface area contributed by atoms with Gasteiger partial charge >= 0.3 is 0 Å². The first kappa shape index (κ1) is 12.6. The van der Waals surface area contributed by atoms with Gasteiger partial charge in [0.25, 0.3) is 0 Å². The lowest BCUT2D eigenvalue weighted by Gasteiger charge is -2.16. The minimum absolute atomic E-state index is 0. The molecule has 1 heterocycles. The number of hydrogen-bond donors (Lipinski definition) is 1. The largest absolute Gasteiger partial charge is 0.347 e. The van der Waals surface area contributed by atoms with Crippen molar-refractivity contribution in [1.29, 1.82) is 0 Å². The Balaban J connectivity index is 0.000000811. The highest BCUT2D eigenvalue weighted by Gasteiger charge is 2.46. The Morgan fingerprint density at radius 3 is 2.62 bits per heavy atom. The van der Waals surface area contributed by atoms with Gasteiger partial charge in [-0.3, -0.25) is 9.78 Å². The maximum Gasteiger partial charge on any atom is 0.217 e. The zero-order valence-corrected chi connectivity index (χ0v) is 9.88. The molecule has 1 fully saturated rings. The molecule has 0 atom stereocenters. The van der Waals surface area contributed by atoms with E-state index in [2.05, 4.69) is 10.3 Å². The maximum atomic E-state index is 13.4. The second kappa shape index (κ2) is 5.05. The Morgan fingerprint density at radius 1 is 1.56 bits per heavy atom. The number of aromatic nitrogens is 1. The fourth-order valence-electron chi connectivity index (χ4n) is 1.69. The third kappa shape index (κ3) is 2.56. The second-order valence-electron chi connectivity index (χ2n) is 3.62. The molecule has 1 aromatic heterocycles. The van der Waals surface area contributed by atoms with Crippen molar-refractivity contribution in [2.75, 3.05) is 0 Å². The standard InChI is InChI=1S/C10H11FN2O.C2H6.H2/c1-7(14)13-10(3-4-10)8-2-5-12-6-9(8)11;1-2;/h2,5-6H,3-4H2,1H3,(H,13,14);1-2H3;1H. The minimum atomic E-state index is -0.459. The number of pyridine rings is 1. The molecule has 0 spiro atoms. The van der Waals surface area contributed by atoms with Crippen LogP contribution in [0.5, 0.6) is 0 Å². The van der Waals surface area contributed by atoms with Gasteiger partial charge in [0.2, 0.25) is 5.91 Å². The number of hydrogen-bond acceptors (Lipinski definition) is 2. The van der Waals surface area contributed by atoms with Gasteiger partial charge in [-0.25, -0.2) is 4.39 Å². The van der Waals surface area contributed by atoms with Crippen molar-refractivity contribution in [3.05, 3.63) is 29.8 Å². The number of halogens is 1. The SMILES string of the molecule is CC.CC(=O)NC1(c2ccncc2F)CC1.[HH]. The lowest BCUT2D eigenvalue weighted by Crippen LogP contribution is -2.33. The lowest BCUT2D eigenvalue weighted by atomic mass is 10.1. The van der Waals surface area contributed by atoms with Crippen molar-refractivity contribution in [2.24, 2.45) is 0 Å². The van der Waals surface area contributed by atoms with Crippen molar-refractivity contribution in [3.8, 4) is 0 Å². The monoisotopic (exact) mass is 226 g/mol. The number of rotatable bonds is 2. The average molecular weight is 226 g/mol. The quantitative estimate of drug-likeness (QED) is 0.842. The van der Waals surface area contributed by atoms with E-state index in [-0.39, 0.29) is 13.2 Å². The van der Waals surface area contributed by atoms with E-state index in [1.165, 1.54) is 13.1 Å². The second-order valence-corrected chi connectivity index (χ2v) is 3.62. The molecule has 1 aromatic rings. The number of nitrogens with one attached hydrogen (secondary N) is 1. The molecule has 0 bridgehead atoms. The Morgan fingerprint density at radius 2 is 2.19 bits per heavy atom. The molecular weight excluding hydrogens is 207 g/mol. The van der Waals surface area contributed by atoms with Crippen LogP contribution in [0.2, 0.25) is 0 Å². The molecule has 1 amide bonds. The van der Waals surface area contributed by atoms with E-state index in [9.17, 15) is 9.18 Å². The molecule has 0 radical (unpaired) electrons. The molecule has 0 aliphatic heterocycles. The predicted octanol–water partition coefficient (Wildman–Crippen LogP) is 2.62. The first-order valence-electron chi connectivity index (χ1n) is 5.53. The van der Waals surface area contributed by atoms with E-state index in [0.29, 0.717) is 5.56 Å². The fraction of sp³-hybridized carbons (Fsp3) is 0.500. The molecule has 1 aliphatic carbocycles. The van der Waals surface area contributed by atoms with Gasteiger partial charge in [0, 0.05) is 20.1 Å². The summed E-state index contributed by atoms with van der Waals surface area (Å²) in [6.45, 7) is 5.44. The average Bonchev–Trinajstić information content (AvgIpc) is 3.01. The third-order valence-electron chi connectivity index (χ3n) is 2.45. The van der Waals surface area contributed by atoms with Gasteiger partial charge in [-0.2, -0.15) is 0 Å². The molecule has 90 valence electrons. The number of carbonyl (C=O) groups is 1. The van der Waals surface area contributed by atoms with Crippen molar-refractivity contribution in [1.82, 2.24) is 10.3 Å². The Bertz CT molecular complexity index is 381. The van der Waals surface area contributed by atoms with Crippen LogP contribution in [0.15, 0.2) is 18.5 Å². The van der Waals surface area contributed by atoms with E-state index in [1.54, 1.807) is 12.3 Å². The molecule has 2 rings (SSSR count). The summed E-state index contributed by atoms with van der Waals surface area (Å²) in [7, 11) is 0. The summed E-state index contributed by atoms with van der Waals surface area (Å²) in [4.78, 5) is 14.6. The zero-order valence-electron chi connectivity index (χ0n) is 9.88. The molecule has 16 heavy (non-hydrogen) atoms. The molecule has 0 aromatic carbocycles. The molecular formula is C12H19FN2O. The van der Waals surface area contributed by atoms with E-state index in [1.807, 2.05) is 13.8 Å². The summed E-state index contributed by atoms with van der Waals surface area (Å²) in [5, 5.41) is 2.78. The van der Waals surface area contributed by atoms with E-state index >= 15 is 0 Å². The maximum absolute atomic E-state index is 13.4. The van der Waals surface area contributed by atoms with Crippen LogP contribution in [0.25, 0.3) is 0 Å². The zero-order chi connectivity index (χ0) is 12.2. The molecule has 1 aliphatic rings. The number of nitrogens with zero attached hydrogens (tertiary/aromatic N) is 1. The highest BCUT2D eigenvalue weighted by molar-refractivity contribution is 5.74. The van der Waals surface area contributed by atoms with Crippen LogP contribution in [0, 0.1) is 5.82 Å². The Hall–Kier alpha value is -1.45. The molecule has 4 heteroatoms. The summed E-state index contributed by atoms with van der Waals surface area (Å²) in [5.41, 5.74) is 0.0847. The topological polar surface area (TPSA) is 42.0 Å². The van der Waals surface area contributed by atoms with Crippen LogP contribution in [0.4, 0.5) is 4.39 Å². The smallest absolute Gasteiger partial charge is 0.217 e. The molecule has 1 saturated carbocycles. The van der Waals surface area contributed by atoms with Gasteiger partial charge in [0.15, 0.2) is 0 Å². The van der Waals surface area contributed by atoms with Crippen LogP contribution >= 0.6 is 0 Å². The van der Waals surface area contributed by atoms with Crippen LogP contribution in [0.1, 0.15) is 40.6 Å². The molecule has 0 saturated heterocycles. The molecule has 3 nitrogen and oxygen atoms in total. The van der Waals surface area contributed by atoms with Gasteiger partial charge in [-0.05, 0) is 18.9 Å². The van der Waals surface area contributed by atoms with Crippen molar-refractivity contribution < 1.29 is 10.6 Å². The summed E-state index contributed by atoms with van der Waals surface area (Å²) in [6.07, 6.45) is 4.32. The third-order valence-corrected chi connectivity index (χ3v) is 2.45. The van der Waals surface area contributed by atoms with Crippen LogP contribution in [-0.4, -0.2) is 10.9 Å². The predicted molar refractivity (Wildman–Crippen MR) is 62.4 cm³/mol. The Kier molecular flexibility index (Phi) is 3.99. The van der Waals surface area contributed by atoms with E-state index in [0.717, 1.165) is 12.8 Å². The number of amides is 1. The highest BCUT2D eigenvalue weighted by atomic mass is 19.1. The minimum Gasteiger partial charge on any atom is -0.347 e. The van der Waals surface area contributed by atoms with Crippen molar-refractivity contribution in [2.45, 2.75) is 39.2 Å². The summed E-state index contributed by atoms with van der Waals surface area (Å²) in [6, 6.07) is 1.62. The van der Waals surface area contributed by atoms with Crippen molar-refractivity contribution in [3.63, 3.8) is 0 Å². The normalized spacial score (nSPS) is 15.8. The van der Waals surface area contributed by atoms with Crippen LogP contribution in [-0.2, 0) is 10.3 Å². The Labute approximate surface area is 96.6 Å². The van der Waals surface area contributed by atoms with Crippen molar-refractivity contribution >= 4 is 5.91 Å². The van der Waals surface area contributed by atoms with Gasteiger partial charge in [0.05, 0.1) is 11.7 Å². The number of carbonyl (C=O) groups excluding carboxylic acids is 1. The highest BCUT2D eigenvalue weighted by Crippen LogP contribution is 2.46. The summed E-state index contributed by atoms with van der Waals surface area (Å²) < 4.78 is 13.4. The van der Waals surface area contributed by atoms with Gasteiger partial charge in [-0.1, -0.05) is 13.8 Å². The van der Waals surface area contributed by atoms with Gasteiger partial charge < -0.3 is 5.32 Å². The molecule has 0 unspecified atom stereocenters. The molecule has 1 N–H and O–H groups in total. The first-order chi connectivity index (χ1) is 7.64. The fourth-order valence-corrected chi connectivity index (χ4v) is 1.69. The summed E-state index contributed by atoms with van der Waals surface area (Å²) in [5.74, 6) is -0.475. The van der Waals surface area contributed by atoms with Gasteiger partial charge in [-0.15, -0.1) is 0 Å². The van der Waals surface area contributed by atoms with E-state index in [4.69, 9.17) is 0 Å².